The third-order valence-electron chi connectivity index (χ3n) is 3.02. The van der Waals surface area contributed by atoms with Crippen molar-refractivity contribution in [3.05, 3.63) is 24.3 Å². The van der Waals surface area contributed by atoms with Gasteiger partial charge in [-0.3, -0.25) is 0 Å². The van der Waals surface area contributed by atoms with Gasteiger partial charge in [0.1, 0.15) is 0 Å². The zero-order valence-corrected chi connectivity index (χ0v) is 12.4. The Labute approximate surface area is 115 Å². The van der Waals surface area contributed by atoms with Gasteiger partial charge < -0.3 is 10.0 Å². The first kappa shape index (κ1) is 15.9. The Kier molecular flexibility index (Phi) is 5.78. The fourth-order valence-corrected chi connectivity index (χ4v) is 2.69. The molecule has 0 aliphatic rings. The minimum atomic E-state index is -3.41. The first-order chi connectivity index (χ1) is 8.92. The lowest BCUT2D eigenvalue weighted by Crippen LogP contribution is -2.31. The van der Waals surface area contributed by atoms with Crippen LogP contribution in [0.5, 0.6) is 0 Å². The van der Waals surface area contributed by atoms with Crippen molar-refractivity contribution in [1.82, 2.24) is 4.72 Å². The number of likely N-dealkylation sites (N-methyl/N-ethyl adjacent to an activating group) is 1. The lowest BCUT2D eigenvalue weighted by molar-refractivity contribution is 0.270. The zero-order chi connectivity index (χ0) is 14.5. The maximum Gasteiger partial charge on any atom is 0.240 e. The summed E-state index contributed by atoms with van der Waals surface area (Å²) < 4.78 is 26.3. The minimum Gasteiger partial charge on any atom is -0.394 e. The molecule has 0 radical (unpaired) electrons. The van der Waals surface area contributed by atoms with Gasteiger partial charge in [-0.25, -0.2) is 13.1 Å². The summed E-state index contributed by atoms with van der Waals surface area (Å²) in [5.74, 6) is 0. The molecule has 0 saturated carbocycles. The van der Waals surface area contributed by atoms with E-state index in [4.69, 9.17) is 5.11 Å². The predicted octanol–water partition coefficient (Wildman–Crippen LogP) is 1.19. The Bertz CT molecular complexity index is 485. The second-order valence-corrected chi connectivity index (χ2v) is 6.30. The molecular weight excluding hydrogens is 264 g/mol. The van der Waals surface area contributed by atoms with Gasteiger partial charge in [0.2, 0.25) is 10.0 Å². The van der Waals surface area contributed by atoms with Crippen molar-refractivity contribution >= 4 is 15.7 Å². The highest BCUT2D eigenvalue weighted by Crippen LogP contribution is 2.18. The van der Waals surface area contributed by atoms with Crippen LogP contribution in [0, 0.1) is 0 Å². The Balaban J connectivity index is 2.87. The van der Waals surface area contributed by atoms with Gasteiger partial charge in [-0.1, -0.05) is 6.92 Å². The summed E-state index contributed by atoms with van der Waals surface area (Å²) >= 11 is 0. The third-order valence-corrected chi connectivity index (χ3v) is 4.50. The molecule has 1 aromatic carbocycles. The van der Waals surface area contributed by atoms with Crippen molar-refractivity contribution in [2.24, 2.45) is 0 Å². The molecule has 108 valence electrons. The molecule has 5 nitrogen and oxygen atoms in total. The van der Waals surface area contributed by atoms with Gasteiger partial charge in [0.05, 0.1) is 11.5 Å². The summed E-state index contributed by atoms with van der Waals surface area (Å²) in [4.78, 5) is 2.16. The average molecular weight is 286 g/mol. The van der Waals surface area contributed by atoms with Crippen LogP contribution in [0.1, 0.15) is 20.3 Å². The molecule has 19 heavy (non-hydrogen) atoms. The first-order valence-corrected chi connectivity index (χ1v) is 7.84. The number of rotatable bonds is 7. The van der Waals surface area contributed by atoms with Crippen LogP contribution in [0.15, 0.2) is 29.2 Å². The van der Waals surface area contributed by atoms with Gasteiger partial charge in [-0.2, -0.15) is 0 Å². The van der Waals surface area contributed by atoms with Crippen molar-refractivity contribution in [3.63, 3.8) is 0 Å². The highest BCUT2D eigenvalue weighted by molar-refractivity contribution is 7.89. The number of hydrogen-bond acceptors (Lipinski definition) is 4. The summed E-state index contributed by atoms with van der Waals surface area (Å²) in [6, 6.07) is 6.63. The number of nitrogens with one attached hydrogen (secondary N) is 1. The van der Waals surface area contributed by atoms with E-state index in [1.165, 1.54) is 0 Å². The molecule has 1 aromatic rings. The quantitative estimate of drug-likeness (QED) is 0.790. The predicted molar refractivity (Wildman–Crippen MR) is 76.9 cm³/mol. The molecule has 0 heterocycles. The van der Waals surface area contributed by atoms with E-state index in [2.05, 4.69) is 4.72 Å². The maximum absolute atomic E-state index is 11.9. The summed E-state index contributed by atoms with van der Waals surface area (Å²) in [6.07, 6.45) is 0.758. The van der Waals surface area contributed by atoms with Gasteiger partial charge in [0, 0.05) is 25.3 Å². The van der Waals surface area contributed by atoms with E-state index in [0.717, 1.165) is 12.1 Å². The van der Waals surface area contributed by atoms with E-state index in [1.54, 1.807) is 24.3 Å². The Morgan fingerprint density at radius 3 is 2.37 bits per heavy atom. The highest BCUT2D eigenvalue weighted by Gasteiger charge is 2.14. The molecule has 2 N–H and O–H groups in total. The standard InChI is InChI=1S/C13H22N2O3S/c1-4-9-14-19(17,18)13-7-5-12(6-8-13)15(3)11(2)10-16/h5-8,11,14,16H,4,9-10H2,1-3H3. The van der Waals surface area contributed by atoms with Crippen molar-refractivity contribution in [2.45, 2.75) is 31.2 Å². The number of nitrogens with zero attached hydrogens (tertiary/aromatic N) is 1. The summed E-state index contributed by atoms with van der Waals surface area (Å²) in [5, 5.41) is 9.10. The minimum absolute atomic E-state index is 0.0133. The van der Waals surface area contributed by atoms with E-state index >= 15 is 0 Å². The van der Waals surface area contributed by atoms with E-state index in [1.807, 2.05) is 25.8 Å². The molecule has 6 heteroatoms. The van der Waals surface area contributed by atoms with Crippen LogP contribution in [0.2, 0.25) is 0 Å². The molecule has 0 aliphatic carbocycles. The Morgan fingerprint density at radius 2 is 1.89 bits per heavy atom. The number of sulfonamides is 1. The maximum atomic E-state index is 11.9. The van der Waals surface area contributed by atoms with Gasteiger partial charge >= 0.3 is 0 Å². The fourth-order valence-electron chi connectivity index (χ4n) is 1.56. The first-order valence-electron chi connectivity index (χ1n) is 6.35. The molecule has 0 saturated heterocycles. The normalized spacial score (nSPS) is 13.3. The topological polar surface area (TPSA) is 69.6 Å². The van der Waals surface area contributed by atoms with Crippen LogP contribution < -0.4 is 9.62 Å². The molecule has 1 unspecified atom stereocenters. The van der Waals surface area contributed by atoms with E-state index < -0.39 is 10.0 Å². The SMILES string of the molecule is CCCNS(=O)(=O)c1ccc(N(C)C(C)CO)cc1. The lowest BCUT2D eigenvalue weighted by atomic mass is 10.2. The van der Waals surface area contributed by atoms with Crippen molar-refractivity contribution in [2.75, 3.05) is 25.1 Å². The molecule has 1 rings (SSSR count). The second-order valence-electron chi connectivity index (χ2n) is 4.53. The van der Waals surface area contributed by atoms with Crippen LogP contribution >= 0.6 is 0 Å². The number of anilines is 1. The van der Waals surface area contributed by atoms with Gasteiger partial charge in [0.15, 0.2) is 0 Å². The van der Waals surface area contributed by atoms with Crippen LogP contribution in [0.4, 0.5) is 5.69 Å². The van der Waals surface area contributed by atoms with E-state index in [0.29, 0.717) is 6.54 Å². The van der Waals surface area contributed by atoms with Gasteiger partial charge in [-0.05, 0) is 37.6 Å². The molecule has 1 atom stereocenters. The highest BCUT2D eigenvalue weighted by atomic mass is 32.2. The third kappa shape index (κ3) is 4.19. The molecule has 0 spiro atoms. The van der Waals surface area contributed by atoms with Crippen molar-refractivity contribution < 1.29 is 13.5 Å². The largest absolute Gasteiger partial charge is 0.394 e. The number of aliphatic hydroxyl groups is 1. The number of aliphatic hydroxyl groups excluding tert-OH is 1. The molecule has 0 bridgehead atoms. The van der Waals surface area contributed by atoms with E-state index in [-0.39, 0.29) is 17.5 Å². The summed E-state index contributed by atoms with van der Waals surface area (Å²) in [7, 11) is -1.55. The van der Waals surface area contributed by atoms with Gasteiger partial charge in [-0.15, -0.1) is 0 Å². The van der Waals surface area contributed by atoms with Crippen LogP contribution in [-0.4, -0.2) is 39.8 Å². The number of hydrogen-bond donors (Lipinski definition) is 2. The summed E-state index contributed by atoms with van der Waals surface area (Å²) in [6.45, 7) is 4.30. The van der Waals surface area contributed by atoms with E-state index in [9.17, 15) is 8.42 Å². The van der Waals surface area contributed by atoms with Gasteiger partial charge in [0.25, 0.3) is 0 Å². The number of benzene rings is 1. The molecular formula is C13H22N2O3S. The van der Waals surface area contributed by atoms with Crippen LogP contribution in [0.3, 0.4) is 0 Å². The monoisotopic (exact) mass is 286 g/mol. The summed E-state index contributed by atoms with van der Waals surface area (Å²) in [5.41, 5.74) is 0.871. The molecule has 0 aliphatic heterocycles. The molecule has 0 fully saturated rings. The Hall–Kier alpha value is -1.11. The van der Waals surface area contributed by atoms with Crippen molar-refractivity contribution in [3.8, 4) is 0 Å². The fraction of sp³-hybridized carbons (Fsp3) is 0.538. The molecule has 0 aromatic heterocycles. The van der Waals surface area contributed by atoms with Crippen molar-refractivity contribution in [1.29, 1.82) is 0 Å². The molecule has 0 amide bonds. The smallest absolute Gasteiger partial charge is 0.240 e. The van der Waals surface area contributed by atoms with Crippen LogP contribution in [-0.2, 0) is 10.0 Å². The zero-order valence-electron chi connectivity index (χ0n) is 11.6. The Morgan fingerprint density at radius 1 is 1.32 bits per heavy atom. The van der Waals surface area contributed by atoms with Crippen LogP contribution in [0.25, 0.3) is 0 Å². The average Bonchev–Trinajstić information content (AvgIpc) is 2.43. The second kappa shape index (κ2) is 6.88. The lowest BCUT2D eigenvalue weighted by Gasteiger charge is -2.25.